The molecule has 3 rings (SSSR count). The van der Waals surface area contributed by atoms with Crippen LogP contribution >= 0.6 is 11.6 Å². The number of hydrogen-bond acceptors (Lipinski definition) is 6. The van der Waals surface area contributed by atoms with Crippen molar-refractivity contribution in [1.82, 2.24) is 9.88 Å². The molecule has 164 valence electrons. The van der Waals surface area contributed by atoms with Gasteiger partial charge in [-0.25, -0.2) is 14.6 Å². The van der Waals surface area contributed by atoms with E-state index in [1.54, 1.807) is 47.6 Å². The summed E-state index contributed by atoms with van der Waals surface area (Å²) in [5.41, 5.74) is -2.04. The lowest BCUT2D eigenvalue weighted by molar-refractivity contribution is -0.124. The number of carbonyl (C=O) groups is 3. The lowest BCUT2D eigenvalue weighted by Gasteiger charge is -2.39. The Morgan fingerprint density at radius 1 is 1.10 bits per heavy atom. The largest absolute Gasteiger partial charge is 0.444 e. The summed E-state index contributed by atoms with van der Waals surface area (Å²) < 4.78 is 10.9. The minimum absolute atomic E-state index is 0.0784. The number of nitrogens with zero attached hydrogens (tertiary/aromatic N) is 3. The Balaban J connectivity index is 2.00. The van der Waals surface area contributed by atoms with Gasteiger partial charge in [0.15, 0.2) is 0 Å². The topological polar surface area (TPSA) is 89.0 Å². The van der Waals surface area contributed by atoms with Crippen LogP contribution in [0.4, 0.5) is 15.4 Å². The molecule has 1 aromatic rings. The number of likely N-dealkylation sites (tertiary alicyclic amines) is 1. The summed E-state index contributed by atoms with van der Waals surface area (Å²) in [5, 5.41) is 0.348. The van der Waals surface area contributed by atoms with Crippen LogP contribution in [-0.4, -0.2) is 52.3 Å². The first-order chi connectivity index (χ1) is 13.7. The highest BCUT2D eigenvalue weighted by atomic mass is 35.5. The minimum Gasteiger partial charge on any atom is -0.444 e. The number of imide groups is 1. The van der Waals surface area contributed by atoms with E-state index in [0.717, 1.165) is 4.90 Å². The van der Waals surface area contributed by atoms with E-state index in [1.165, 1.54) is 11.1 Å². The molecule has 1 unspecified atom stereocenters. The lowest BCUT2D eigenvalue weighted by atomic mass is 9.75. The monoisotopic (exact) mass is 437 g/mol. The summed E-state index contributed by atoms with van der Waals surface area (Å²) in [6, 6.07) is 1.64. The first-order valence-electron chi connectivity index (χ1n) is 9.95. The van der Waals surface area contributed by atoms with Crippen molar-refractivity contribution in [3.8, 4) is 0 Å². The zero-order valence-corrected chi connectivity index (χ0v) is 19.0. The standard InChI is InChI=1S/C21H28ClN3O5/c1-19(2,3)29-17(27)24-9-7-8-21(12-24)14-10-13(22)11-23-15(14)25(16(21)26)18(28)30-20(4,5)6/h10-11H,7-9,12H2,1-6H3. The lowest BCUT2D eigenvalue weighted by Crippen LogP contribution is -2.55. The Bertz CT molecular complexity index is 890. The number of carbonyl (C=O) groups excluding carboxylic acids is 3. The Labute approximate surface area is 181 Å². The average molecular weight is 438 g/mol. The molecule has 0 aliphatic carbocycles. The summed E-state index contributed by atoms with van der Waals surface area (Å²) in [6.45, 7) is 11.1. The zero-order valence-electron chi connectivity index (χ0n) is 18.2. The van der Waals surface area contributed by atoms with Crippen LogP contribution < -0.4 is 4.90 Å². The highest BCUT2D eigenvalue weighted by Gasteiger charge is 2.57. The fraction of sp³-hybridized carbons (Fsp3) is 0.619. The molecule has 0 bridgehead atoms. The fourth-order valence-corrected chi connectivity index (χ4v) is 3.96. The van der Waals surface area contributed by atoms with Crippen LogP contribution in [0, 0.1) is 0 Å². The van der Waals surface area contributed by atoms with Gasteiger partial charge in [0.25, 0.3) is 0 Å². The van der Waals surface area contributed by atoms with Crippen LogP contribution in [0.5, 0.6) is 0 Å². The predicted octanol–water partition coefficient (Wildman–Crippen LogP) is 4.29. The molecule has 2 aliphatic rings. The highest BCUT2D eigenvalue weighted by Crippen LogP contribution is 2.47. The van der Waals surface area contributed by atoms with E-state index in [9.17, 15) is 14.4 Å². The second-order valence-electron chi connectivity index (χ2n) is 9.73. The molecule has 0 radical (unpaired) electrons. The summed E-state index contributed by atoms with van der Waals surface area (Å²) >= 11 is 6.18. The number of halogens is 1. The molecule has 0 aromatic carbocycles. The van der Waals surface area contributed by atoms with Gasteiger partial charge in [-0.1, -0.05) is 11.6 Å². The van der Waals surface area contributed by atoms with Crippen molar-refractivity contribution in [2.75, 3.05) is 18.0 Å². The number of hydrogen-bond donors (Lipinski definition) is 0. The van der Waals surface area contributed by atoms with Crippen LogP contribution in [0.1, 0.15) is 59.9 Å². The Hall–Kier alpha value is -2.35. The van der Waals surface area contributed by atoms with E-state index in [-0.39, 0.29) is 12.4 Å². The van der Waals surface area contributed by atoms with Gasteiger partial charge in [0.2, 0.25) is 5.91 Å². The molecule has 3 amide bonds. The third kappa shape index (κ3) is 4.24. The van der Waals surface area contributed by atoms with Crippen LogP contribution in [0.15, 0.2) is 12.3 Å². The van der Waals surface area contributed by atoms with Crippen LogP contribution in [0.25, 0.3) is 0 Å². The summed E-state index contributed by atoms with van der Waals surface area (Å²) in [5.74, 6) is -0.264. The van der Waals surface area contributed by atoms with Gasteiger partial charge in [-0.2, -0.15) is 4.90 Å². The molecule has 1 atom stereocenters. The number of pyridine rings is 1. The van der Waals surface area contributed by atoms with Gasteiger partial charge in [-0.3, -0.25) is 4.79 Å². The van der Waals surface area contributed by atoms with E-state index >= 15 is 0 Å². The Kier molecular flexibility index (Phi) is 5.52. The molecule has 1 saturated heterocycles. The van der Waals surface area contributed by atoms with Crippen LogP contribution in [0.2, 0.25) is 5.02 Å². The van der Waals surface area contributed by atoms with E-state index in [0.29, 0.717) is 30.0 Å². The molecule has 1 fully saturated rings. The molecule has 2 aliphatic heterocycles. The smallest absolute Gasteiger partial charge is 0.423 e. The minimum atomic E-state index is -1.13. The van der Waals surface area contributed by atoms with Crippen LogP contribution in [0.3, 0.4) is 0 Å². The van der Waals surface area contributed by atoms with E-state index in [4.69, 9.17) is 21.1 Å². The maximum Gasteiger partial charge on any atom is 0.423 e. The van der Waals surface area contributed by atoms with Crippen molar-refractivity contribution in [1.29, 1.82) is 0 Å². The number of piperidine rings is 1. The first kappa shape index (κ1) is 22.3. The van der Waals surface area contributed by atoms with Gasteiger partial charge in [-0.15, -0.1) is 0 Å². The highest BCUT2D eigenvalue weighted by molar-refractivity contribution is 6.31. The van der Waals surface area contributed by atoms with Crippen molar-refractivity contribution in [3.63, 3.8) is 0 Å². The maximum absolute atomic E-state index is 13.6. The second kappa shape index (κ2) is 7.41. The van der Waals surface area contributed by atoms with Gasteiger partial charge < -0.3 is 14.4 Å². The van der Waals surface area contributed by atoms with Crippen molar-refractivity contribution in [2.45, 2.75) is 71.0 Å². The molecule has 1 spiro atoms. The summed E-state index contributed by atoms with van der Waals surface area (Å²) in [7, 11) is 0. The van der Waals surface area contributed by atoms with Crippen molar-refractivity contribution in [3.05, 3.63) is 22.8 Å². The molecule has 30 heavy (non-hydrogen) atoms. The molecule has 0 saturated carbocycles. The van der Waals surface area contributed by atoms with Crippen molar-refractivity contribution >= 4 is 35.5 Å². The number of aromatic nitrogens is 1. The van der Waals surface area contributed by atoms with Gasteiger partial charge in [0.1, 0.15) is 17.0 Å². The van der Waals surface area contributed by atoms with Crippen molar-refractivity contribution in [2.24, 2.45) is 0 Å². The predicted molar refractivity (Wildman–Crippen MR) is 112 cm³/mol. The normalized spacial score (nSPS) is 21.6. The van der Waals surface area contributed by atoms with E-state index in [1.807, 2.05) is 0 Å². The maximum atomic E-state index is 13.6. The SMILES string of the molecule is CC(C)(C)OC(=O)N1CCCC2(C1)C(=O)N(C(=O)OC(C)(C)C)c1ncc(Cl)cc12. The second-order valence-corrected chi connectivity index (χ2v) is 10.2. The molecule has 0 N–H and O–H groups in total. The van der Waals surface area contributed by atoms with Gasteiger partial charge in [0.05, 0.1) is 10.4 Å². The van der Waals surface area contributed by atoms with E-state index in [2.05, 4.69) is 4.98 Å². The number of fused-ring (bicyclic) bond motifs is 2. The zero-order chi connectivity index (χ0) is 22.5. The fourth-order valence-electron chi connectivity index (χ4n) is 3.80. The summed E-state index contributed by atoms with van der Waals surface area (Å²) in [4.78, 5) is 45.9. The molecule has 1 aromatic heterocycles. The molecule has 8 nitrogen and oxygen atoms in total. The van der Waals surface area contributed by atoms with Gasteiger partial charge >= 0.3 is 12.2 Å². The van der Waals surface area contributed by atoms with E-state index < -0.39 is 34.7 Å². The number of ether oxygens (including phenoxy) is 2. The molecule has 3 heterocycles. The Morgan fingerprint density at radius 3 is 2.30 bits per heavy atom. The first-order valence-corrected chi connectivity index (χ1v) is 10.3. The number of anilines is 1. The van der Waals surface area contributed by atoms with Crippen LogP contribution in [-0.2, 0) is 19.7 Å². The Morgan fingerprint density at radius 2 is 1.70 bits per heavy atom. The molecular formula is C21H28ClN3O5. The molecule has 9 heteroatoms. The van der Waals surface area contributed by atoms with Gasteiger partial charge in [0, 0.05) is 24.8 Å². The average Bonchev–Trinajstić information content (AvgIpc) is 2.81. The summed E-state index contributed by atoms with van der Waals surface area (Å²) in [6.07, 6.45) is 1.12. The molecular weight excluding hydrogens is 410 g/mol. The number of rotatable bonds is 0. The van der Waals surface area contributed by atoms with Gasteiger partial charge in [-0.05, 0) is 60.5 Å². The number of amides is 3. The third-order valence-electron chi connectivity index (χ3n) is 4.89. The van der Waals surface area contributed by atoms with Crippen molar-refractivity contribution < 1.29 is 23.9 Å². The third-order valence-corrected chi connectivity index (χ3v) is 5.10. The quantitative estimate of drug-likeness (QED) is 0.601.